The van der Waals surface area contributed by atoms with E-state index in [-0.39, 0.29) is 5.60 Å². The Labute approximate surface area is 122 Å². The first-order valence-corrected chi connectivity index (χ1v) is 7.86. The lowest BCUT2D eigenvalue weighted by molar-refractivity contribution is 0.0909. The topological polar surface area (TPSA) is 24.5 Å². The summed E-state index contributed by atoms with van der Waals surface area (Å²) in [6.07, 6.45) is 3.49. The zero-order valence-corrected chi connectivity index (χ0v) is 12.9. The molecule has 0 bridgehead atoms. The Bertz CT molecular complexity index is 486. The van der Waals surface area contributed by atoms with E-state index >= 15 is 0 Å². The minimum atomic E-state index is -0.0411. The van der Waals surface area contributed by atoms with E-state index in [0.717, 1.165) is 38.2 Å². The molecule has 1 N–H and O–H groups in total. The largest absolute Gasteiger partial charge is 0.486 e. The highest BCUT2D eigenvalue weighted by molar-refractivity contribution is 5.55. The fraction of sp³-hybridized carbons (Fsp3) is 0.647. The van der Waals surface area contributed by atoms with E-state index in [1.807, 2.05) is 0 Å². The van der Waals surface area contributed by atoms with Crippen molar-refractivity contribution in [1.82, 2.24) is 4.90 Å². The summed E-state index contributed by atoms with van der Waals surface area (Å²) in [4.78, 5) is 2.50. The second-order valence-corrected chi connectivity index (χ2v) is 6.72. The van der Waals surface area contributed by atoms with Crippen LogP contribution in [0.25, 0.3) is 0 Å². The van der Waals surface area contributed by atoms with E-state index in [4.69, 9.17) is 4.74 Å². The first-order chi connectivity index (χ1) is 9.56. The maximum Gasteiger partial charge on any atom is 0.120 e. The SMILES string of the molecule is CC(C)N1CCC(C)(Oc2ccc3c(c2)CCCN3)C1. The Morgan fingerprint density at radius 1 is 1.35 bits per heavy atom. The van der Waals surface area contributed by atoms with Crippen LogP contribution in [0.15, 0.2) is 18.2 Å². The molecule has 0 aromatic heterocycles. The molecule has 1 fully saturated rings. The van der Waals surface area contributed by atoms with Crippen LogP contribution in [-0.2, 0) is 6.42 Å². The summed E-state index contributed by atoms with van der Waals surface area (Å²) in [7, 11) is 0. The van der Waals surface area contributed by atoms with Gasteiger partial charge in [0, 0.05) is 37.8 Å². The number of nitrogens with zero attached hydrogens (tertiary/aromatic N) is 1. The van der Waals surface area contributed by atoms with Crippen molar-refractivity contribution in [3.63, 3.8) is 0 Å². The summed E-state index contributed by atoms with van der Waals surface area (Å²) in [5.41, 5.74) is 2.64. The normalized spacial score (nSPS) is 26.4. The van der Waals surface area contributed by atoms with Crippen molar-refractivity contribution in [2.45, 2.75) is 51.7 Å². The Balaban J connectivity index is 1.71. The maximum atomic E-state index is 6.34. The number of fused-ring (bicyclic) bond motifs is 1. The van der Waals surface area contributed by atoms with E-state index in [2.05, 4.69) is 49.2 Å². The molecular weight excluding hydrogens is 248 g/mol. The summed E-state index contributed by atoms with van der Waals surface area (Å²) in [5, 5.41) is 3.45. The van der Waals surface area contributed by atoms with Gasteiger partial charge in [0.1, 0.15) is 11.4 Å². The minimum Gasteiger partial charge on any atom is -0.486 e. The number of aryl methyl sites for hydroxylation is 1. The summed E-state index contributed by atoms with van der Waals surface area (Å²) in [6, 6.07) is 7.11. The minimum absolute atomic E-state index is 0.0411. The van der Waals surface area contributed by atoms with Crippen molar-refractivity contribution in [1.29, 1.82) is 0 Å². The van der Waals surface area contributed by atoms with Crippen LogP contribution in [0.5, 0.6) is 5.75 Å². The molecule has 2 aliphatic rings. The molecule has 1 aromatic carbocycles. The average Bonchev–Trinajstić information content (AvgIpc) is 2.81. The summed E-state index contributed by atoms with van der Waals surface area (Å²) < 4.78 is 6.34. The van der Waals surface area contributed by atoms with Gasteiger partial charge in [0.15, 0.2) is 0 Å². The van der Waals surface area contributed by atoms with Gasteiger partial charge < -0.3 is 10.1 Å². The van der Waals surface area contributed by atoms with Crippen molar-refractivity contribution in [3.05, 3.63) is 23.8 Å². The highest BCUT2D eigenvalue weighted by atomic mass is 16.5. The van der Waals surface area contributed by atoms with Gasteiger partial charge in [-0.05, 0) is 57.4 Å². The number of benzene rings is 1. The second kappa shape index (κ2) is 5.28. The monoisotopic (exact) mass is 274 g/mol. The third-order valence-corrected chi connectivity index (χ3v) is 4.58. The lowest BCUT2D eigenvalue weighted by Gasteiger charge is -2.28. The number of likely N-dealkylation sites (tertiary alicyclic amines) is 1. The molecule has 3 rings (SSSR count). The van der Waals surface area contributed by atoms with Gasteiger partial charge in [-0.25, -0.2) is 0 Å². The van der Waals surface area contributed by atoms with Gasteiger partial charge in [-0.2, -0.15) is 0 Å². The summed E-state index contributed by atoms with van der Waals surface area (Å²) >= 11 is 0. The molecule has 0 saturated carbocycles. The zero-order valence-electron chi connectivity index (χ0n) is 12.9. The predicted molar refractivity (Wildman–Crippen MR) is 83.6 cm³/mol. The molecule has 1 aromatic rings. The molecule has 2 heterocycles. The van der Waals surface area contributed by atoms with E-state index in [1.54, 1.807) is 0 Å². The Kier molecular flexibility index (Phi) is 3.63. The highest BCUT2D eigenvalue weighted by Crippen LogP contribution is 2.32. The fourth-order valence-corrected chi connectivity index (χ4v) is 3.29. The van der Waals surface area contributed by atoms with Gasteiger partial charge in [0.2, 0.25) is 0 Å². The summed E-state index contributed by atoms with van der Waals surface area (Å²) in [5.74, 6) is 1.03. The number of hydrogen-bond donors (Lipinski definition) is 1. The molecule has 3 nitrogen and oxygen atoms in total. The predicted octanol–water partition coefficient (Wildman–Crippen LogP) is 3.30. The lowest BCUT2D eigenvalue weighted by Crippen LogP contribution is -2.38. The number of anilines is 1. The van der Waals surface area contributed by atoms with Crippen LogP contribution in [0.4, 0.5) is 5.69 Å². The van der Waals surface area contributed by atoms with Crippen LogP contribution in [0.1, 0.15) is 39.2 Å². The van der Waals surface area contributed by atoms with Crippen molar-refractivity contribution in [2.75, 3.05) is 25.0 Å². The fourth-order valence-electron chi connectivity index (χ4n) is 3.29. The van der Waals surface area contributed by atoms with Gasteiger partial charge in [-0.3, -0.25) is 4.90 Å². The quantitative estimate of drug-likeness (QED) is 0.915. The number of nitrogens with one attached hydrogen (secondary N) is 1. The van der Waals surface area contributed by atoms with Crippen LogP contribution in [0, 0.1) is 0 Å². The van der Waals surface area contributed by atoms with Crippen LogP contribution in [0.2, 0.25) is 0 Å². The first-order valence-electron chi connectivity index (χ1n) is 7.86. The number of rotatable bonds is 3. The second-order valence-electron chi connectivity index (χ2n) is 6.72. The molecule has 0 aliphatic carbocycles. The molecule has 1 unspecified atom stereocenters. The van der Waals surface area contributed by atoms with Crippen LogP contribution in [-0.4, -0.2) is 36.2 Å². The molecule has 20 heavy (non-hydrogen) atoms. The molecule has 3 heteroatoms. The number of ether oxygens (including phenoxy) is 1. The van der Waals surface area contributed by atoms with Crippen LogP contribution < -0.4 is 10.1 Å². The van der Waals surface area contributed by atoms with Crippen LogP contribution >= 0.6 is 0 Å². The van der Waals surface area contributed by atoms with Gasteiger partial charge in [-0.1, -0.05) is 0 Å². The van der Waals surface area contributed by atoms with E-state index < -0.39 is 0 Å². The van der Waals surface area contributed by atoms with Gasteiger partial charge in [-0.15, -0.1) is 0 Å². The highest BCUT2D eigenvalue weighted by Gasteiger charge is 2.36. The van der Waals surface area contributed by atoms with Crippen molar-refractivity contribution in [3.8, 4) is 5.75 Å². The molecule has 0 spiro atoms. The Hall–Kier alpha value is -1.22. The zero-order chi connectivity index (χ0) is 14.2. The molecule has 110 valence electrons. The third-order valence-electron chi connectivity index (χ3n) is 4.58. The van der Waals surface area contributed by atoms with Crippen molar-refractivity contribution in [2.24, 2.45) is 0 Å². The van der Waals surface area contributed by atoms with Gasteiger partial charge >= 0.3 is 0 Å². The average molecular weight is 274 g/mol. The number of hydrogen-bond acceptors (Lipinski definition) is 3. The Morgan fingerprint density at radius 2 is 2.20 bits per heavy atom. The van der Waals surface area contributed by atoms with Gasteiger partial charge in [0.05, 0.1) is 0 Å². The van der Waals surface area contributed by atoms with E-state index in [9.17, 15) is 0 Å². The molecule has 1 atom stereocenters. The van der Waals surface area contributed by atoms with E-state index in [1.165, 1.54) is 17.7 Å². The molecule has 2 aliphatic heterocycles. The molecule has 0 radical (unpaired) electrons. The van der Waals surface area contributed by atoms with Crippen LogP contribution in [0.3, 0.4) is 0 Å². The molecule has 1 saturated heterocycles. The van der Waals surface area contributed by atoms with Crippen molar-refractivity contribution >= 4 is 5.69 Å². The third kappa shape index (κ3) is 2.78. The standard InChI is InChI=1S/C17H26N2O/c1-13(2)19-10-8-17(3,12-19)20-15-6-7-16-14(11-15)5-4-9-18-16/h6-7,11,13,18H,4-5,8-10,12H2,1-3H3. The summed E-state index contributed by atoms with van der Waals surface area (Å²) in [6.45, 7) is 10.0. The molecule has 0 amide bonds. The van der Waals surface area contributed by atoms with Gasteiger partial charge in [0.25, 0.3) is 0 Å². The smallest absolute Gasteiger partial charge is 0.120 e. The van der Waals surface area contributed by atoms with E-state index in [0.29, 0.717) is 6.04 Å². The maximum absolute atomic E-state index is 6.34. The van der Waals surface area contributed by atoms with Crippen molar-refractivity contribution < 1.29 is 4.74 Å². The Morgan fingerprint density at radius 3 is 2.95 bits per heavy atom. The lowest BCUT2D eigenvalue weighted by atomic mass is 10.0. The first kappa shape index (κ1) is 13.7. The molecular formula is C17H26N2O.